The second kappa shape index (κ2) is 36.1. The number of benzene rings is 3. The van der Waals surface area contributed by atoms with E-state index in [9.17, 15) is 51.1 Å². The minimum atomic E-state index is -4.81. The predicted molar refractivity (Wildman–Crippen MR) is 385 cm³/mol. The maximum absolute atomic E-state index is 15.7. The molecular weight excluding hydrogens is 1380 g/mol. The molecule has 3 heterocycles. The Labute approximate surface area is 618 Å². The standard InChI is InChI=1S/C76H105ClF4N12O12/c1-15-46(4)63-72(103)87(10)49(7)67(98)93-39-34-57(93)70(101)89(12)59(42-51-24-22-45(3)23-25-51)69(100)85(8)44-61(94)82-56(33-29-50-28-32-54(55(77)40-50)76(79,80)81)68(99)88(11)58(41-52-26-30-53(78)31-27-52)66(97)84-75(35-18-19-36-75)74(105)91(14)64(47(5)16-2)73(104)90(13)60(71(102)92-37-20-17-21-38-92)43-62(95)86(9)48(6)65(96)83-63/h22-28,30-32,40,46-49,56-60,63-64H,15-21,29,33-39,41-44H2,1-14H3,(H,82,94)(H,83,96)(H,84,97)/t46-,47-,48-,49-,56-,57-,58-,59-,60-,63-,64-/m0/s1. The van der Waals surface area contributed by atoms with Crippen LogP contribution < -0.4 is 16.0 Å². The first kappa shape index (κ1) is 83.6. The van der Waals surface area contributed by atoms with Crippen LogP contribution in [0.1, 0.15) is 146 Å². The zero-order valence-corrected chi connectivity index (χ0v) is 63.7. The number of amides is 12. The smallest absolute Gasteiger partial charge is 0.343 e. The summed E-state index contributed by atoms with van der Waals surface area (Å²) in [6.45, 7) is 11.9. The van der Waals surface area contributed by atoms with Crippen molar-refractivity contribution in [1.29, 1.82) is 0 Å². The van der Waals surface area contributed by atoms with Gasteiger partial charge in [-0.3, -0.25) is 57.5 Å². The molecule has 3 aromatic carbocycles. The van der Waals surface area contributed by atoms with Crippen LogP contribution >= 0.6 is 11.6 Å². The Hall–Kier alpha value is -8.69. The molecule has 4 aliphatic rings. The van der Waals surface area contributed by atoms with Crippen LogP contribution in [0.25, 0.3) is 0 Å². The molecule has 11 atom stereocenters. The molecule has 1 spiro atoms. The van der Waals surface area contributed by atoms with E-state index in [2.05, 4.69) is 16.0 Å². The number of halogens is 5. The van der Waals surface area contributed by atoms with Crippen LogP contribution in [0.5, 0.6) is 0 Å². The van der Waals surface area contributed by atoms with E-state index in [-0.39, 0.29) is 57.1 Å². The van der Waals surface area contributed by atoms with Crippen LogP contribution in [0, 0.1) is 24.6 Å². The number of aryl methyl sites for hydroxylation is 2. The molecule has 3 aliphatic heterocycles. The fourth-order valence-corrected chi connectivity index (χ4v) is 14.6. The van der Waals surface area contributed by atoms with Gasteiger partial charge in [0.25, 0.3) is 0 Å². The van der Waals surface area contributed by atoms with Gasteiger partial charge in [-0.25, -0.2) is 4.39 Å². The maximum Gasteiger partial charge on any atom is 0.417 e. The van der Waals surface area contributed by atoms with Gasteiger partial charge in [0.15, 0.2) is 0 Å². The van der Waals surface area contributed by atoms with Crippen molar-refractivity contribution in [2.24, 2.45) is 11.8 Å². The van der Waals surface area contributed by atoms with Gasteiger partial charge in [-0.05, 0) is 125 Å². The third kappa shape index (κ3) is 19.9. The molecular formula is C76H105ClF4N12O12. The molecule has 105 heavy (non-hydrogen) atoms. The molecule has 3 saturated heterocycles. The molecule has 0 bridgehead atoms. The average molecular weight is 1490 g/mol. The van der Waals surface area contributed by atoms with Crippen LogP contribution in [0.3, 0.4) is 0 Å². The number of nitrogens with one attached hydrogen (secondary N) is 3. The summed E-state index contributed by atoms with van der Waals surface area (Å²) >= 11 is 6.18. The molecule has 0 aromatic heterocycles. The highest BCUT2D eigenvalue weighted by Crippen LogP contribution is 2.37. The van der Waals surface area contributed by atoms with Gasteiger partial charge < -0.3 is 60.0 Å². The SMILES string of the molecule is CC[C@H](C)[C@@H]1NC(=O)[C@H](C)N(C)C(=O)C[C@@H](C(=O)N2CCCCC2)N(C)C(=O)[C@H]([C@@H](C)CC)N(C)C(=O)C2(CCCC2)NC(=O)[C@H](Cc2ccc(F)cc2)N(C)C(=O)[C@H](CCc2ccc(C(F)(F)F)c(Cl)c2)NC(=O)CN(C)C(=O)[C@H](Cc2ccc(C)cc2)N(C)C(=O)[C@@H]2CCN2C(=O)[C@H](C)N(C)C1=O. The number of likely N-dealkylation sites (N-methyl/N-ethyl adjacent to an activating group) is 7. The van der Waals surface area contributed by atoms with Crippen LogP contribution in [-0.4, -0.2) is 250 Å². The highest BCUT2D eigenvalue weighted by molar-refractivity contribution is 6.31. The molecule has 576 valence electrons. The molecule has 3 aromatic rings. The lowest BCUT2D eigenvalue weighted by atomic mass is 9.90. The van der Waals surface area contributed by atoms with Crippen molar-refractivity contribution in [1.82, 2.24) is 60.0 Å². The van der Waals surface area contributed by atoms with Gasteiger partial charge in [-0.15, -0.1) is 0 Å². The fraction of sp³-hybridized carbons (Fsp3) is 0.605. The Kier molecular flexibility index (Phi) is 28.7. The topological polar surface area (TPSA) is 270 Å². The Bertz CT molecular complexity index is 3670. The van der Waals surface area contributed by atoms with E-state index in [4.69, 9.17) is 11.6 Å². The minimum Gasteiger partial charge on any atom is -0.343 e. The van der Waals surface area contributed by atoms with Gasteiger partial charge in [0.05, 0.1) is 23.6 Å². The number of carbonyl (C=O) groups is 12. The van der Waals surface area contributed by atoms with Gasteiger partial charge in [0.2, 0.25) is 70.9 Å². The lowest BCUT2D eigenvalue weighted by molar-refractivity contribution is -0.160. The zero-order valence-electron chi connectivity index (χ0n) is 63.0. The first-order chi connectivity index (χ1) is 49.4. The van der Waals surface area contributed by atoms with Crippen molar-refractivity contribution in [3.8, 4) is 0 Å². The van der Waals surface area contributed by atoms with Crippen molar-refractivity contribution in [2.45, 2.75) is 211 Å². The number of alkyl halides is 3. The van der Waals surface area contributed by atoms with Crippen LogP contribution in [0.15, 0.2) is 66.7 Å². The number of nitrogens with zero attached hydrogens (tertiary/aromatic N) is 9. The molecule has 24 nitrogen and oxygen atoms in total. The summed E-state index contributed by atoms with van der Waals surface area (Å²) in [7, 11) is 9.52. The number of rotatable bonds is 12. The largest absolute Gasteiger partial charge is 0.417 e. The summed E-state index contributed by atoms with van der Waals surface area (Å²) in [5.74, 6) is -10.5. The van der Waals surface area contributed by atoms with E-state index >= 15 is 24.0 Å². The highest BCUT2D eigenvalue weighted by atomic mass is 35.5. The summed E-state index contributed by atoms with van der Waals surface area (Å²) in [6, 6.07) is 3.16. The van der Waals surface area contributed by atoms with Crippen molar-refractivity contribution < 1.29 is 75.1 Å². The fourth-order valence-electron chi connectivity index (χ4n) is 14.3. The molecule has 12 amide bonds. The van der Waals surface area contributed by atoms with Crippen molar-refractivity contribution in [3.63, 3.8) is 0 Å². The first-order valence-corrected chi connectivity index (χ1v) is 36.8. The van der Waals surface area contributed by atoms with Crippen molar-refractivity contribution in [2.75, 3.05) is 75.5 Å². The summed E-state index contributed by atoms with van der Waals surface area (Å²) < 4.78 is 56.6. The number of hydrogen-bond acceptors (Lipinski definition) is 12. The monoisotopic (exact) mass is 1490 g/mol. The Morgan fingerprint density at radius 1 is 0.610 bits per heavy atom. The quantitative estimate of drug-likeness (QED) is 0.171. The van der Waals surface area contributed by atoms with Crippen molar-refractivity contribution >= 4 is 82.5 Å². The third-order valence-electron chi connectivity index (χ3n) is 22.1. The molecule has 4 fully saturated rings. The molecule has 29 heteroatoms. The highest BCUT2D eigenvalue weighted by Gasteiger charge is 2.51. The third-order valence-corrected chi connectivity index (χ3v) is 22.4. The Balaban J connectivity index is 1.33. The number of carbonyl (C=O) groups excluding carboxylic acids is 12. The Morgan fingerprint density at radius 3 is 1.74 bits per heavy atom. The summed E-state index contributed by atoms with van der Waals surface area (Å²) in [4.78, 5) is 191. The normalized spacial score (nSPS) is 25.6. The van der Waals surface area contributed by atoms with E-state index in [0.29, 0.717) is 62.7 Å². The van der Waals surface area contributed by atoms with Gasteiger partial charge in [0, 0.05) is 81.8 Å². The second-order valence-electron chi connectivity index (χ2n) is 29.2. The summed E-state index contributed by atoms with van der Waals surface area (Å²) in [5.41, 5.74) is -0.766. The Morgan fingerprint density at radius 2 is 1.18 bits per heavy atom. The molecule has 1 aliphatic carbocycles. The number of hydrogen-bond donors (Lipinski definition) is 3. The molecule has 0 radical (unpaired) electrons. The molecule has 1 saturated carbocycles. The van der Waals surface area contributed by atoms with E-state index in [1.807, 2.05) is 26.0 Å². The van der Waals surface area contributed by atoms with Crippen LogP contribution in [-0.2, 0) is 83.0 Å². The molecule has 0 unspecified atom stereocenters. The van der Waals surface area contributed by atoms with Gasteiger partial charge >= 0.3 is 6.18 Å². The van der Waals surface area contributed by atoms with E-state index < -0.39 is 178 Å². The zero-order chi connectivity index (χ0) is 77.9. The lowest BCUT2D eigenvalue weighted by Crippen LogP contribution is -2.65. The summed E-state index contributed by atoms with van der Waals surface area (Å²) in [6.07, 6.45) is -2.37. The average Bonchev–Trinajstić information content (AvgIpc) is 1.74. The lowest BCUT2D eigenvalue weighted by Gasteiger charge is -2.45. The number of fused-ring (bicyclic) bond motifs is 1. The van der Waals surface area contributed by atoms with E-state index in [1.165, 1.54) is 94.9 Å². The molecule has 3 N–H and O–H groups in total. The van der Waals surface area contributed by atoms with E-state index in [1.54, 1.807) is 37.8 Å². The van der Waals surface area contributed by atoms with Gasteiger partial charge in [-0.1, -0.05) is 113 Å². The number of piperidine rings is 1. The second-order valence-corrected chi connectivity index (χ2v) is 29.6. The van der Waals surface area contributed by atoms with Gasteiger partial charge in [-0.2, -0.15) is 13.2 Å². The molecule has 7 rings (SSSR count). The van der Waals surface area contributed by atoms with Crippen LogP contribution in [0.2, 0.25) is 5.02 Å². The summed E-state index contributed by atoms with van der Waals surface area (Å²) in [5, 5.41) is 7.88. The van der Waals surface area contributed by atoms with Crippen LogP contribution in [0.4, 0.5) is 17.6 Å². The maximum atomic E-state index is 15.7. The number of likely N-dealkylation sites (tertiary alicyclic amines) is 1. The predicted octanol–water partition coefficient (Wildman–Crippen LogP) is 6.19. The minimum absolute atomic E-state index is 0.0555. The van der Waals surface area contributed by atoms with Crippen molar-refractivity contribution in [3.05, 3.63) is 105 Å². The first-order valence-electron chi connectivity index (χ1n) is 36.4. The van der Waals surface area contributed by atoms with E-state index in [0.717, 1.165) is 61.9 Å². The van der Waals surface area contributed by atoms with Gasteiger partial charge in [0.1, 0.15) is 65.7 Å².